The zero-order chi connectivity index (χ0) is 18.0. The third kappa shape index (κ3) is 3.81. The Morgan fingerprint density at radius 1 is 1.20 bits per heavy atom. The number of hydrogen-bond acceptors (Lipinski definition) is 3. The molecular formula is C18H14ClFN2O2S. The highest BCUT2D eigenvalue weighted by Crippen LogP contribution is 2.34. The molecule has 0 spiro atoms. The third-order valence-corrected chi connectivity index (χ3v) is 5.22. The second-order valence-corrected chi connectivity index (χ2v) is 6.89. The first kappa shape index (κ1) is 17.4. The van der Waals surface area contributed by atoms with Crippen LogP contribution in [-0.2, 0) is 4.79 Å². The molecule has 2 N–H and O–H groups in total. The van der Waals surface area contributed by atoms with Crippen molar-refractivity contribution in [3.05, 3.63) is 63.7 Å². The van der Waals surface area contributed by atoms with Gasteiger partial charge in [0.05, 0.1) is 17.3 Å². The molecule has 1 heterocycles. The van der Waals surface area contributed by atoms with Crippen LogP contribution in [0.2, 0.25) is 5.02 Å². The fraction of sp³-hybridized carbons (Fsp3) is 0.111. The normalized spacial score (nSPS) is 10.7. The van der Waals surface area contributed by atoms with Gasteiger partial charge in [-0.05, 0) is 30.7 Å². The van der Waals surface area contributed by atoms with E-state index in [0.29, 0.717) is 9.90 Å². The molecule has 0 atom stereocenters. The summed E-state index contributed by atoms with van der Waals surface area (Å²) in [5.41, 5.74) is 0.900. The summed E-state index contributed by atoms with van der Waals surface area (Å²) >= 11 is 7.49. The van der Waals surface area contributed by atoms with Gasteiger partial charge in [0.2, 0.25) is 5.91 Å². The summed E-state index contributed by atoms with van der Waals surface area (Å²) in [6.45, 7) is 1.51. The van der Waals surface area contributed by atoms with Crippen LogP contribution in [0.4, 0.5) is 10.1 Å². The smallest absolute Gasteiger partial charge is 0.263 e. The van der Waals surface area contributed by atoms with Gasteiger partial charge in [-0.25, -0.2) is 4.39 Å². The maximum atomic E-state index is 13.6. The van der Waals surface area contributed by atoms with Crippen molar-refractivity contribution in [3.8, 4) is 0 Å². The van der Waals surface area contributed by atoms with Crippen molar-refractivity contribution >= 4 is 50.5 Å². The Bertz CT molecular complexity index is 971. The van der Waals surface area contributed by atoms with E-state index in [-0.39, 0.29) is 12.2 Å². The van der Waals surface area contributed by atoms with Crippen molar-refractivity contribution < 1.29 is 14.0 Å². The van der Waals surface area contributed by atoms with Crippen molar-refractivity contribution in [1.29, 1.82) is 0 Å². The number of rotatable bonds is 4. The Morgan fingerprint density at radius 3 is 2.72 bits per heavy atom. The molecule has 7 heteroatoms. The number of carbonyl (C=O) groups excluding carboxylic acids is 2. The van der Waals surface area contributed by atoms with Crippen LogP contribution < -0.4 is 10.6 Å². The zero-order valence-electron chi connectivity index (χ0n) is 13.2. The monoisotopic (exact) mass is 376 g/mol. The molecule has 0 saturated heterocycles. The second kappa shape index (κ2) is 7.21. The molecule has 4 nitrogen and oxygen atoms in total. The predicted molar refractivity (Wildman–Crippen MR) is 98.9 cm³/mol. The topological polar surface area (TPSA) is 58.2 Å². The summed E-state index contributed by atoms with van der Waals surface area (Å²) in [6.07, 6.45) is 0. The highest BCUT2D eigenvalue weighted by molar-refractivity contribution is 7.21. The van der Waals surface area contributed by atoms with Crippen molar-refractivity contribution in [2.75, 3.05) is 11.9 Å². The molecule has 0 bridgehead atoms. The SMILES string of the molecule is Cc1ccc(F)c(NC(=O)CNC(=O)c2sc3ccccc3c2Cl)c1. The maximum absolute atomic E-state index is 13.6. The molecular weight excluding hydrogens is 363 g/mol. The summed E-state index contributed by atoms with van der Waals surface area (Å²) in [4.78, 5) is 24.6. The fourth-order valence-corrected chi connectivity index (χ4v) is 3.76. The van der Waals surface area contributed by atoms with E-state index in [9.17, 15) is 14.0 Å². The van der Waals surface area contributed by atoms with Gasteiger partial charge in [0.25, 0.3) is 5.91 Å². The Kier molecular flexibility index (Phi) is 5.01. The van der Waals surface area contributed by atoms with E-state index in [0.717, 1.165) is 15.6 Å². The van der Waals surface area contributed by atoms with Gasteiger partial charge in [0.15, 0.2) is 0 Å². The Labute approximate surface area is 152 Å². The van der Waals surface area contributed by atoms with Gasteiger partial charge in [0.1, 0.15) is 10.7 Å². The molecule has 0 saturated carbocycles. The van der Waals surface area contributed by atoms with E-state index in [2.05, 4.69) is 10.6 Å². The first-order valence-corrected chi connectivity index (χ1v) is 8.66. The molecule has 2 amide bonds. The summed E-state index contributed by atoms with van der Waals surface area (Å²) in [5, 5.41) is 6.11. The predicted octanol–water partition coefficient (Wildman–Crippen LogP) is 4.37. The number of amides is 2. The number of fused-ring (bicyclic) bond motifs is 1. The van der Waals surface area contributed by atoms with Gasteiger partial charge in [-0.1, -0.05) is 35.9 Å². The summed E-state index contributed by atoms with van der Waals surface area (Å²) in [5.74, 6) is -1.49. The van der Waals surface area contributed by atoms with Gasteiger partial charge < -0.3 is 10.6 Å². The molecule has 0 aliphatic heterocycles. The average molecular weight is 377 g/mol. The highest BCUT2D eigenvalue weighted by atomic mass is 35.5. The maximum Gasteiger partial charge on any atom is 0.263 e. The Morgan fingerprint density at radius 2 is 1.96 bits per heavy atom. The summed E-state index contributed by atoms with van der Waals surface area (Å²) < 4.78 is 14.5. The number of anilines is 1. The number of benzene rings is 2. The van der Waals surface area contributed by atoms with E-state index < -0.39 is 17.6 Å². The first-order chi connectivity index (χ1) is 12.0. The number of halogens is 2. The standard InChI is InChI=1S/C18H14ClFN2O2S/c1-10-6-7-12(20)13(8-10)22-15(23)9-21-18(24)17-16(19)11-4-2-3-5-14(11)25-17/h2-8H,9H2,1H3,(H,21,24)(H,22,23). The minimum Gasteiger partial charge on any atom is -0.342 e. The Balaban J connectivity index is 1.66. The molecule has 0 radical (unpaired) electrons. The van der Waals surface area contributed by atoms with Crippen LogP contribution in [0.15, 0.2) is 42.5 Å². The molecule has 3 rings (SSSR count). The number of thiophene rings is 1. The molecule has 0 unspecified atom stereocenters. The lowest BCUT2D eigenvalue weighted by atomic mass is 10.2. The van der Waals surface area contributed by atoms with Crippen molar-refractivity contribution in [3.63, 3.8) is 0 Å². The molecule has 0 fully saturated rings. The number of hydrogen-bond donors (Lipinski definition) is 2. The molecule has 25 heavy (non-hydrogen) atoms. The molecule has 3 aromatic rings. The van der Waals surface area contributed by atoms with Crippen LogP contribution in [0.5, 0.6) is 0 Å². The number of aryl methyl sites for hydroxylation is 1. The van der Waals surface area contributed by atoms with Crippen LogP contribution in [0, 0.1) is 12.7 Å². The van der Waals surface area contributed by atoms with Crippen LogP contribution in [-0.4, -0.2) is 18.4 Å². The van der Waals surface area contributed by atoms with Gasteiger partial charge >= 0.3 is 0 Å². The van der Waals surface area contributed by atoms with E-state index in [4.69, 9.17) is 11.6 Å². The molecule has 0 aliphatic carbocycles. The lowest BCUT2D eigenvalue weighted by Gasteiger charge is -2.08. The minimum absolute atomic E-state index is 0.0825. The van der Waals surface area contributed by atoms with Gasteiger partial charge in [-0.15, -0.1) is 11.3 Å². The van der Waals surface area contributed by atoms with E-state index in [1.54, 1.807) is 13.0 Å². The largest absolute Gasteiger partial charge is 0.342 e. The number of carbonyl (C=O) groups is 2. The van der Waals surface area contributed by atoms with E-state index >= 15 is 0 Å². The summed E-state index contributed by atoms with van der Waals surface area (Å²) in [7, 11) is 0. The third-order valence-electron chi connectivity index (χ3n) is 3.55. The Hall–Kier alpha value is -2.44. The lowest BCUT2D eigenvalue weighted by Crippen LogP contribution is -2.32. The van der Waals surface area contributed by atoms with E-state index in [1.807, 2.05) is 24.3 Å². The van der Waals surface area contributed by atoms with Gasteiger partial charge in [-0.3, -0.25) is 9.59 Å². The molecule has 2 aromatic carbocycles. The average Bonchev–Trinajstić information content (AvgIpc) is 2.93. The van der Waals surface area contributed by atoms with Crippen molar-refractivity contribution in [1.82, 2.24) is 5.32 Å². The fourth-order valence-electron chi connectivity index (χ4n) is 2.33. The summed E-state index contributed by atoms with van der Waals surface area (Å²) in [6, 6.07) is 11.8. The van der Waals surface area contributed by atoms with E-state index in [1.165, 1.54) is 23.5 Å². The molecule has 0 aliphatic rings. The first-order valence-electron chi connectivity index (χ1n) is 7.47. The minimum atomic E-state index is -0.530. The van der Waals surface area contributed by atoms with Crippen LogP contribution in [0.3, 0.4) is 0 Å². The van der Waals surface area contributed by atoms with Gasteiger partial charge in [-0.2, -0.15) is 0 Å². The number of nitrogens with one attached hydrogen (secondary N) is 2. The molecule has 128 valence electrons. The quantitative estimate of drug-likeness (QED) is 0.710. The lowest BCUT2D eigenvalue weighted by molar-refractivity contribution is -0.115. The van der Waals surface area contributed by atoms with Gasteiger partial charge in [0, 0.05) is 10.1 Å². The van der Waals surface area contributed by atoms with Crippen LogP contribution >= 0.6 is 22.9 Å². The van der Waals surface area contributed by atoms with Crippen LogP contribution in [0.25, 0.3) is 10.1 Å². The molecule has 1 aromatic heterocycles. The second-order valence-electron chi connectivity index (χ2n) is 5.46. The highest BCUT2D eigenvalue weighted by Gasteiger charge is 2.17. The van der Waals surface area contributed by atoms with Crippen molar-refractivity contribution in [2.45, 2.75) is 6.92 Å². The zero-order valence-corrected chi connectivity index (χ0v) is 14.8. The van der Waals surface area contributed by atoms with Crippen LogP contribution in [0.1, 0.15) is 15.2 Å². The van der Waals surface area contributed by atoms with Crippen molar-refractivity contribution in [2.24, 2.45) is 0 Å².